The molecule has 2 nitrogen and oxygen atoms in total. The van der Waals surface area contributed by atoms with Crippen molar-refractivity contribution < 1.29 is 0 Å². The molecule has 4 aliphatic rings. The fourth-order valence-corrected chi connectivity index (χ4v) is 17.7. The number of rotatable bonds is 17. The molecule has 4 unspecified atom stereocenters. The third-order valence-corrected chi connectivity index (χ3v) is 20.6. The highest BCUT2D eigenvalue weighted by Gasteiger charge is 2.37. The maximum absolute atomic E-state index is 4.42. The third-order valence-electron chi connectivity index (χ3n) is 14.5. The topological polar surface area (TPSA) is 24.4 Å². The second-order valence-corrected chi connectivity index (χ2v) is 24.9. The highest BCUT2D eigenvalue weighted by Crippen LogP contribution is 2.53. The molecule has 0 saturated heterocycles. The number of hydrogen-bond donors (Lipinski definition) is 1. The van der Waals surface area contributed by atoms with E-state index >= 15 is 0 Å². The molecule has 0 aromatic heterocycles. The van der Waals surface area contributed by atoms with E-state index in [-0.39, 0.29) is 15.8 Å². The number of unbranched alkanes of at least 4 members (excludes halogenated alkanes) is 2. The van der Waals surface area contributed by atoms with Crippen molar-refractivity contribution in [1.82, 2.24) is 5.32 Å². The molecule has 0 bridgehead atoms. The molecular formula is C60H90N2P2. The number of nitrogens with one attached hydrogen (secondary N) is 1. The van der Waals surface area contributed by atoms with Crippen molar-refractivity contribution >= 4 is 43.3 Å². The molecule has 1 N–H and O–H groups in total. The second kappa shape index (κ2) is 30.6. The molecular weight excluding hydrogens is 811 g/mol. The fourth-order valence-electron chi connectivity index (χ4n) is 11.0. The summed E-state index contributed by atoms with van der Waals surface area (Å²) in [4.78, 5) is 4.42. The van der Waals surface area contributed by atoms with Gasteiger partial charge in [0.2, 0.25) is 0 Å². The monoisotopic (exact) mass is 901 g/mol. The first-order valence-electron chi connectivity index (χ1n) is 26.4. The molecule has 0 amide bonds. The van der Waals surface area contributed by atoms with Gasteiger partial charge in [-0.25, -0.2) is 0 Å². The summed E-state index contributed by atoms with van der Waals surface area (Å²) < 4.78 is 0. The fraction of sp³-hybridized carbons (Fsp3) is 0.583. The van der Waals surface area contributed by atoms with Crippen LogP contribution >= 0.6 is 15.8 Å². The van der Waals surface area contributed by atoms with Gasteiger partial charge < -0.3 is 5.32 Å². The Morgan fingerprint density at radius 3 is 1.27 bits per heavy atom. The van der Waals surface area contributed by atoms with Crippen LogP contribution in [0.2, 0.25) is 0 Å². The van der Waals surface area contributed by atoms with Gasteiger partial charge in [0.25, 0.3) is 0 Å². The van der Waals surface area contributed by atoms with Gasteiger partial charge in [-0.1, -0.05) is 214 Å². The Labute approximate surface area is 396 Å². The summed E-state index contributed by atoms with van der Waals surface area (Å²) in [6.07, 6.45) is 27.3. The molecule has 350 valence electrons. The van der Waals surface area contributed by atoms with Crippen LogP contribution in [0.15, 0.2) is 126 Å². The molecule has 4 fully saturated rings. The lowest BCUT2D eigenvalue weighted by atomic mass is 9.94. The Kier molecular flexibility index (Phi) is 25.0. The maximum atomic E-state index is 4.42. The van der Waals surface area contributed by atoms with E-state index in [4.69, 9.17) is 0 Å². The van der Waals surface area contributed by atoms with Crippen molar-refractivity contribution in [3.8, 4) is 0 Å². The van der Waals surface area contributed by atoms with Crippen LogP contribution in [0.25, 0.3) is 0 Å². The van der Waals surface area contributed by atoms with E-state index in [1.807, 2.05) is 0 Å². The molecule has 4 aromatic rings. The van der Waals surface area contributed by atoms with Crippen molar-refractivity contribution in [2.75, 3.05) is 19.6 Å². The Morgan fingerprint density at radius 2 is 0.891 bits per heavy atom. The first-order valence-corrected chi connectivity index (χ1v) is 29.2. The molecule has 4 aromatic carbocycles. The minimum Gasteiger partial charge on any atom is -0.316 e. The smallest absolute Gasteiger partial charge is 0.0385 e. The normalized spacial score (nSPS) is 21.3. The second-order valence-electron chi connectivity index (χ2n) is 20.1. The van der Waals surface area contributed by atoms with Gasteiger partial charge >= 0.3 is 0 Å². The van der Waals surface area contributed by atoms with Crippen molar-refractivity contribution in [3.05, 3.63) is 121 Å². The highest BCUT2D eigenvalue weighted by atomic mass is 31.1. The van der Waals surface area contributed by atoms with E-state index < -0.39 is 0 Å². The number of aliphatic imine (C=N–C) groups is 1. The van der Waals surface area contributed by atoms with E-state index in [1.165, 1.54) is 129 Å². The van der Waals surface area contributed by atoms with Crippen LogP contribution in [0.3, 0.4) is 0 Å². The van der Waals surface area contributed by atoms with Gasteiger partial charge in [0.05, 0.1) is 0 Å². The highest BCUT2D eigenvalue weighted by molar-refractivity contribution is 7.74. The van der Waals surface area contributed by atoms with Crippen LogP contribution in [-0.4, -0.2) is 37.2 Å². The Morgan fingerprint density at radius 1 is 0.500 bits per heavy atom. The number of benzene rings is 4. The van der Waals surface area contributed by atoms with Crippen molar-refractivity contribution in [3.63, 3.8) is 0 Å². The van der Waals surface area contributed by atoms with Crippen molar-refractivity contribution in [2.45, 2.75) is 168 Å². The number of hydrogen-bond acceptors (Lipinski definition) is 2. The predicted octanol–water partition coefficient (Wildman–Crippen LogP) is 15.5. The summed E-state index contributed by atoms with van der Waals surface area (Å²) in [6, 6.07) is 44.9. The van der Waals surface area contributed by atoms with Gasteiger partial charge in [0, 0.05) is 12.8 Å². The van der Waals surface area contributed by atoms with Crippen LogP contribution in [0.4, 0.5) is 0 Å². The molecule has 4 heteroatoms. The SMILES string of the molecule is CC(C)C1CCCC1P(c1ccccc1)c1ccccc1.CC(C)C1CCCC1P(c1ccccc1)c1ccccc1.CCCCN=CC1CCCC1.CCCCNCC1CCCC1. The van der Waals surface area contributed by atoms with Gasteiger partial charge in [-0.2, -0.15) is 0 Å². The number of nitrogens with zero attached hydrogens (tertiary/aromatic N) is 1. The zero-order valence-corrected chi connectivity index (χ0v) is 43.2. The summed E-state index contributed by atoms with van der Waals surface area (Å²) in [5.74, 6) is 5.21. The molecule has 64 heavy (non-hydrogen) atoms. The van der Waals surface area contributed by atoms with Gasteiger partial charge in [0.15, 0.2) is 0 Å². The lowest BCUT2D eigenvalue weighted by Gasteiger charge is -2.32. The first kappa shape index (κ1) is 52.3. The lowest BCUT2D eigenvalue weighted by molar-refractivity contribution is 0.402. The van der Waals surface area contributed by atoms with E-state index in [9.17, 15) is 0 Å². The Hall–Kier alpha value is -2.63. The standard InChI is InChI=1S/2C20H25P.C10H21N.C10H19N/c2*1-16(2)19-14-9-15-20(19)21(17-10-5-3-6-11-17)18-12-7-4-8-13-18;2*1-2-3-8-11-9-10-6-4-5-7-10/h2*3-8,10-13,16,19-20H,9,14-15H2,1-2H3;10-11H,2-9H2,1H3;9-10H,2-8H2,1H3. The summed E-state index contributed by atoms with van der Waals surface area (Å²) in [5, 5.41) is 9.74. The van der Waals surface area contributed by atoms with Crippen molar-refractivity contribution in [2.24, 2.45) is 40.5 Å². The van der Waals surface area contributed by atoms with Crippen LogP contribution < -0.4 is 26.5 Å². The zero-order valence-electron chi connectivity index (χ0n) is 41.4. The van der Waals surface area contributed by atoms with Gasteiger partial charge in [-0.15, -0.1) is 0 Å². The van der Waals surface area contributed by atoms with Gasteiger partial charge in [0.1, 0.15) is 0 Å². The van der Waals surface area contributed by atoms with Crippen LogP contribution in [0.1, 0.15) is 157 Å². The minimum absolute atomic E-state index is 0.224. The lowest BCUT2D eigenvalue weighted by Crippen LogP contribution is -2.27. The van der Waals surface area contributed by atoms with E-state index in [1.54, 1.807) is 21.2 Å². The van der Waals surface area contributed by atoms with E-state index in [2.05, 4.69) is 179 Å². The molecule has 4 saturated carbocycles. The average molecular weight is 901 g/mol. The van der Waals surface area contributed by atoms with Crippen molar-refractivity contribution in [1.29, 1.82) is 0 Å². The Bertz CT molecular complexity index is 1570. The molecule has 0 aliphatic heterocycles. The minimum atomic E-state index is -0.224. The quantitative estimate of drug-likeness (QED) is 0.0637. The molecule has 0 heterocycles. The summed E-state index contributed by atoms with van der Waals surface area (Å²) in [6.45, 7) is 17.7. The zero-order chi connectivity index (χ0) is 45.2. The molecule has 0 radical (unpaired) electrons. The first-order chi connectivity index (χ1) is 31.4. The molecule has 0 spiro atoms. The summed E-state index contributed by atoms with van der Waals surface area (Å²) in [7, 11) is -0.448. The molecule has 4 atom stereocenters. The Balaban J connectivity index is 0.000000168. The van der Waals surface area contributed by atoms with Crippen LogP contribution in [-0.2, 0) is 0 Å². The van der Waals surface area contributed by atoms with E-state index in [0.717, 1.165) is 53.4 Å². The van der Waals surface area contributed by atoms with Crippen LogP contribution in [0, 0.1) is 35.5 Å². The largest absolute Gasteiger partial charge is 0.316 e. The van der Waals surface area contributed by atoms with E-state index in [0.29, 0.717) is 0 Å². The molecule has 8 rings (SSSR count). The van der Waals surface area contributed by atoms with Gasteiger partial charge in [-0.3, -0.25) is 4.99 Å². The predicted molar refractivity (Wildman–Crippen MR) is 290 cm³/mol. The van der Waals surface area contributed by atoms with Crippen LogP contribution in [0.5, 0.6) is 0 Å². The summed E-state index contributed by atoms with van der Waals surface area (Å²) >= 11 is 0. The maximum Gasteiger partial charge on any atom is 0.0385 e. The van der Waals surface area contributed by atoms with Gasteiger partial charge in [-0.05, 0) is 161 Å². The third kappa shape index (κ3) is 17.5. The molecule has 4 aliphatic carbocycles. The average Bonchev–Trinajstić information content (AvgIpc) is 4.19. The summed E-state index contributed by atoms with van der Waals surface area (Å²) in [5.41, 5.74) is 1.70.